The van der Waals surface area contributed by atoms with Crippen LogP contribution in [0, 0.1) is 11.2 Å². The van der Waals surface area contributed by atoms with Crippen molar-refractivity contribution >= 4 is 11.6 Å². The van der Waals surface area contributed by atoms with Crippen LogP contribution >= 0.6 is 11.6 Å². The van der Waals surface area contributed by atoms with E-state index in [1.165, 1.54) is 6.07 Å². The first-order valence-electron chi connectivity index (χ1n) is 6.42. The second-order valence-corrected chi connectivity index (χ2v) is 5.94. The minimum atomic E-state index is -0.238. The van der Waals surface area contributed by atoms with Crippen LogP contribution in [0.1, 0.15) is 24.8 Å². The Morgan fingerprint density at radius 3 is 2.83 bits per heavy atom. The van der Waals surface area contributed by atoms with Gasteiger partial charge in [0.05, 0.1) is 12.2 Å². The average Bonchev–Trinajstić information content (AvgIpc) is 2.93. The van der Waals surface area contributed by atoms with Crippen molar-refractivity contribution in [3.05, 3.63) is 34.6 Å². The molecule has 18 heavy (non-hydrogen) atoms. The van der Waals surface area contributed by atoms with E-state index in [0.29, 0.717) is 29.7 Å². The molecule has 2 aliphatic rings. The molecule has 3 unspecified atom stereocenters. The third-order valence-corrected chi connectivity index (χ3v) is 4.62. The zero-order chi connectivity index (χ0) is 12.8. The zero-order valence-electron chi connectivity index (χ0n) is 10.2. The molecular weight excluding hydrogens is 253 g/mol. The van der Waals surface area contributed by atoms with Crippen LogP contribution in [0.3, 0.4) is 0 Å². The first-order chi connectivity index (χ1) is 8.63. The second kappa shape index (κ2) is 4.48. The van der Waals surface area contributed by atoms with Crippen molar-refractivity contribution in [2.24, 2.45) is 11.1 Å². The lowest BCUT2D eigenvalue weighted by Gasteiger charge is -2.34. The highest BCUT2D eigenvalue weighted by Crippen LogP contribution is 2.49. The lowest BCUT2D eigenvalue weighted by molar-refractivity contribution is 0.0633. The Labute approximate surface area is 111 Å². The summed E-state index contributed by atoms with van der Waals surface area (Å²) >= 11 is 5.78. The lowest BCUT2D eigenvalue weighted by Crippen LogP contribution is -2.41. The maximum Gasteiger partial charge on any atom is 0.127 e. The highest BCUT2D eigenvalue weighted by Gasteiger charge is 2.51. The molecule has 3 rings (SSSR count). The predicted octanol–water partition coefficient (Wildman–Crippen LogP) is 2.92. The lowest BCUT2D eigenvalue weighted by atomic mass is 9.70. The molecule has 2 fully saturated rings. The monoisotopic (exact) mass is 269 g/mol. The van der Waals surface area contributed by atoms with E-state index in [2.05, 4.69) is 0 Å². The van der Waals surface area contributed by atoms with Gasteiger partial charge in [0.2, 0.25) is 0 Å². The maximum atomic E-state index is 13.9. The van der Waals surface area contributed by atoms with Crippen molar-refractivity contribution in [2.75, 3.05) is 6.54 Å². The number of fused-ring (bicyclic) bond motifs is 2. The summed E-state index contributed by atoms with van der Waals surface area (Å²) in [5.74, 6) is -0.238. The Bertz CT molecular complexity index is 467. The molecule has 2 N–H and O–H groups in total. The Morgan fingerprint density at radius 2 is 2.28 bits per heavy atom. The zero-order valence-corrected chi connectivity index (χ0v) is 10.9. The number of rotatable bonds is 3. The van der Waals surface area contributed by atoms with Crippen molar-refractivity contribution in [1.29, 1.82) is 0 Å². The molecule has 2 nitrogen and oxygen atoms in total. The number of hydrogen-bond donors (Lipinski definition) is 1. The number of halogens is 2. The van der Waals surface area contributed by atoms with E-state index in [9.17, 15) is 4.39 Å². The minimum Gasteiger partial charge on any atom is -0.374 e. The van der Waals surface area contributed by atoms with Gasteiger partial charge in [-0.2, -0.15) is 0 Å². The normalized spacial score (nSPS) is 34.2. The Morgan fingerprint density at radius 1 is 1.44 bits per heavy atom. The minimum absolute atomic E-state index is 0.0857. The van der Waals surface area contributed by atoms with E-state index in [4.69, 9.17) is 22.1 Å². The first-order valence-corrected chi connectivity index (χ1v) is 6.80. The fraction of sp³-hybridized carbons (Fsp3) is 0.571. The van der Waals surface area contributed by atoms with Gasteiger partial charge in [0.15, 0.2) is 0 Å². The van der Waals surface area contributed by atoms with Crippen LogP contribution in [-0.2, 0) is 11.2 Å². The van der Waals surface area contributed by atoms with E-state index in [-0.39, 0.29) is 17.3 Å². The van der Waals surface area contributed by atoms with Gasteiger partial charge in [0.1, 0.15) is 5.82 Å². The summed E-state index contributed by atoms with van der Waals surface area (Å²) in [4.78, 5) is 0. The molecule has 0 aromatic heterocycles. The predicted molar refractivity (Wildman–Crippen MR) is 69.1 cm³/mol. The molecule has 1 aromatic carbocycles. The molecule has 1 aromatic rings. The standard InChI is InChI=1S/C14H17ClFNO/c15-10-2-1-9(12(16)5-10)6-14(8-17)7-11-3-4-13(14)18-11/h1-2,5,11,13H,3-4,6-8,17H2. The SMILES string of the molecule is NCC1(Cc2ccc(Cl)cc2F)CC2CCC1O2. The van der Waals surface area contributed by atoms with Crippen LogP contribution in [0.4, 0.5) is 4.39 Å². The fourth-order valence-electron chi connectivity index (χ4n) is 3.41. The van der Waals surface area contributed by atoms with Crippen LogP contribution in [0.15, 0.2) is 18.2 Å². The second-order valence-electron chi connectivity index (χ2n) is 5.51. The molecule has 0 aliphatic carbocycles. The summed E-state index contributed by atoms with van der Waals surface area (Å²) in [5.41, 5.74) is 6.56. The van der Waals surface area contributed by atoms with Crippen molar-refractivity contribution < 1.29 is 9.13 Å². The highest BCUT2D eigenvalue weighted by atomic mass is 35.5. The van der Waals surface area contributed by atoms with Gasteiger partial charge in [0.25, 0.3) is 0 Å². The molecule has 2 aliphatic heterocycles. The van der Waals surface area contributed by atoms with Gasteiger partial charge >= 0.3 is 0 Å². The molecule has 2 heterocycles. The van der Waals surface area contributed by atoms with Gasteiger partial charge < -0.3 is 10.5 Å². The summed E-state index contributed by atoms with van der Waals surface area (Å²) in [6.45, 7) is 0.552. The van der Waals surface area contributed by atoms with Gasteiger partial charge in [0, 0.05) is 17.0 Å². The molecule has 98 valence electrons. The van der Waals surface area contributed by atoms with E-state index in [0.717, 1.165) is 19.3 Å². The largest absolute Gasteiger partial charge is 0.374 e. The first kappa shape index (κ1) is 12.4. The van der Waals surface area contributed by atoms with Crippen molar-refractivity contribution in [3.8, 4) is 0 Å². The number of hydrogen-bond acceptors (Lipinski definition) is 2. The van der Waals surface area contributed by atoms with E-state index in [1.54, 1.807) is 12.1 Å². The van der Waals surface area contributed by atoms with Crippen LogP contribution in [-0.4, -0.2) is 18.8 Å². The molecule has 0 radical (unpaired) electrons. The number of nitrogens with two attached hydrogens (primary N) is 1. The summed E-state index contributed by atoms with van der Waals surface area (Å²) in [5, 5.41) is 0.433. The maximum absolute atomic E-state index is 13.9. The molecule has 2 saturated heterocycles. The summed E-state index contributed by atoms with van der Waals surface area (Å²) < 4.78 is 19.8. The number of ether oxygens (including phenoxy) is 1. The summed E-state index contributed by atoms with van der Waals surface area (Å²) in [6.07, 6.45) is 4.30. The van der Waals surface area contributed by atoms with Gasteiger partial charge in [-0.3, -0.25) is 0 Å². The summed E-state index contributed by atoms with van der Waals surface area (Å²) in [6, 6.07) is 4.87. The Kier molecular flexibility index (Phi) is 3.08. The van der Waals surface area contributed by atoms with Crippen molar-refractivity contribution in [1.82, 2.24) is 0 Å². The Hall–Kier alpha value is -0.640. The smallest absolute Gasteiger partial charge is 0.127 e. The van der Waals surface area contributed by atoms with E-state index in [1.807, 2.05) is 0 Å². The number of benzene rings is 1. The molecule has 0 saturated carbocycles. The average molecular weight is 270 g/mol. The molecule has 0 amide bonds. The van der Waals surface area contributed by atoms with E-state index >= 15 is 0 Å². The molecule has 2 bridgehead atoms. The molecular formula is C14H17ClFNO. The van der Waals surface area contributed by atoms with Crippen molar-refractivity contribution in [3.63, 3.8) is 0 Å². The van der Waals surface area contributed by atoms with Crippen LogP contribution < -0.4 is 5.73 Å². The molecule has 4 heteroatoms. The molecule has 3 atom stereocenters. The highest BCUT2D eigenvalue weighted by molar-refractivity contribution is 6.30. The third-order valence-electron chi connectivity index (χ3n) is 4.39. The van der Waals surface area contributed by atoms with Crippen molar-refractivity contribution in [2.45, 2.75) is 37.9 Å². The fourth-order valence-corrected chi connectivity index (χ4v) is 3.57. The third kappa shape index (κ3) is 1.94. The van der Waals surface area contributed by atoms with E-state index < -0.39 is 0 Å². The van der Waals surface area contributed by atoms with Crippen LogP contribution in [0.25, 0.3) is 0 Å². The van der Waals surface area contributed by atoms with Crippen LogP contribution in [0.5, 0.6) is 0 Å². The van der Waals surface area contributed by atoms with Gasteiger partial charge in [-0.05, 0) is 43.4 Å². The Balaban J connectivity index is 1.86. The van der Waals surface area contributed by atoms with Gasteiger partial charge in [-0.15, -0.1) is 0 Å². The topological polar surface area (TPSA) is 35.2 Å². The van der Waals surface area contributed by atoms with Crippen LogP contribution in [0.2, 0.25) is 5.02 Å². The summed E-state index contributed by atoms with van der Waals surface area (Å²) in [7, 11) is 0. The van der Waals surface area contributed by atoms with Gasteiger partial charge in [-0.1, -0.05) is 17.7 Å². The quantitative estimate of drug-likeness (QED) is 0.916. The molecule has 0 spiro atoms. The van der Waals surface area contributed by atoms with Gasteiger partial charge in [-0.25, -0.2) is 4.39 Å².